The van der Waals surface area contributed by atoms with Crippen molar-refractivity contribution >= 4 is 22.5 Å². The second-order valence-corrected chi connectivity index (χ2v) is 2.98. The van der Waals surface area contributed by atoms with Crippen LogP contribution in [-0.4, -0.2) is 0 Å². The summed E-state index contributed by atoms with van der Waals surface area (Å²) in [5, 5.41) is 0. The fourth-order valence-electron chi connectivity index (χ4n) is 0.590. The zero-order valence-corrected chi connectivity index (χ0v) is 6.58. The largest absolute Gasteiger partial charge is 0.111 e. The quantitative estimate of drug-likeness (QED) is 0.506. The van der Waals surface area contributed by atoms with Gasteiger partial charge in [-0.1, -0.05) is 35.1 Å². The molecule has 1 aromatic rings. The smallest absolute Gasteiger partial charge is 0.0292 e. The molecule has 0 nitrogen and oxygen atoms in total. The van der Waals surface area contributed by atoms with Gasteiger partial charge in [-0.3, -0.25) is 0 Å². The van der Waals surface area contributed by atoms with Crippen molar-refractivity contribution < 1.29 is 0 Å². The number of hydrogen-bond donors (Lipinski definition) is 1. The van der Waals surface area contributed by atoms with Crippen LogP contribution >= 0.6 is 22.5 Å². The molecular weight excluding hydrogens is 148 g/mol. The number of rotatable bonds is 2. The van der Waals surface area contributed by atoms with Gasteiger partial charge in [0.15, 0.2) is 0 Å². The third-order valence-electron chi connectivity index (χ3n) is 0.994. The summed E-state index contributed by atoms with van der Waals surface area (Å²) in [5.74, 6) is 0.934. The maximum absolute atomic E-state index is 4.03. The molecule has 0 aliphatic carbocycles. The van der Waals surface area contributed by atoms with Crippen LogP contribution in [0.2, 0.25) is 0 Å². The molecule has 0 spiro atoms. The Morgan fingerprint density at radius 1 is 1.56 bits per heavy atom. The molecule has 0 fully saturated rings. The second-order valence-electron chi connectivity index (χ2n) is 1.66. The Morgan fingerprint density at radius 3 is 3.00 bits per heavy atom. The molecule has 0 bridgehead atoms. The predicted octanol–water partition coefficient (Wildman–Crippen LogP) is 2.56. The number of thiol groups is 1. The van der Waals surface area contributed by atoms with E-state index in [9.17, 15) is 0 Å². The molecule has 0 heterocycles. The van der Waals surface area contributed by atoms with Gasteiger partial charge >= 0.3 is 0 Å². The average Bonchev–Trinajstić information content (AvgIpc) is 1.91. The minimum atomic E-state index is 0.934. The molecule has 0 aliphatic heterocycles. The first-order chi connectivity index (χ1) is 4.43. The Morgan fingerprint density at radius 2 is 2.44 bits per heavy atom. The van der Waals surface area contributed by atoms with E-state index in [2.05, 4.69) is 17.7 Å². The topological polar surface area (TPSA) is 0 Å². The van der Waals surface area contributed by atoms with Crippen LogP contribution < -0.4 is 0 Å². The zero-order valence-electron chi connectivity index (χ0n) is 4.87. The van der Waals surface area contributed by atoms with E-state index in [-0.39, 0.29) is 0 Å². The number of benzene rings is 1. The minimum Gasteiger partial charge on any atom is -0.111 e. The molecule has 47 valence electrons. The highest BCUT2D eigenvalue weighted by Gasteiger charge is 1.86. The Kier molecular flexibility index (Phi) is 3.01. The highest BCUT2D eigenvalue weighted by atomic mass is 33.1. The van der Waals surface area contributed by atoms with E-state index in [4.69, 9.17) is 0 Å². The molecule has 0 saturated heterocycles. The summed E-state index contributed by atoms with van der Waals surface area (Å²) in [6.45, 7) is 0. The maximum atomic E-state index is 4.03. The SMILES string of the molecule is SSCc1[c]cccc1. The lowest BCUT2D eigenvalue weighted by atomic mass is 10.2. The van der Waals surface area contributed by atoms with Gasteiger partial charge < -0.3 is 0 Å². The summed E-state index contributed by atoms with van der Waals surface area (Å²) in [7, 11) is 1.52. The predicted molar refractivity (Wildman–Crippen MR) is 45.6 cm³/mol. The van der Waals surface area contributed by atoms with Gasteiger partial charge in [-0.05, 0) is 11.6 Å². The molecule has 0 amide bonds. The van der Waals surface area contributed by atoms with Gasteiger partial charge in [0.2, 0.25) is 0 Å². The lowest BCUT2D eigenvalue weighted by molar-refractivity contribution is 1.42. The molecule has 0 aromatic heterocycles. The molecule has 0 N–H and O–H groups in total. The van der Waals surface area contributed by atoms with Gasteiger partial charge in [-0.15, -0.1) is 11.7 Å². The van der Waals surface area contributed by atoms with E-state index in [1.807, 2.05) is 24.3 Å². The Bertz CT molecular complexity index is 160. The lowest BCUT2D eigenvalue weighted by Crippen LogP contribution is -1.74. The first-order valence-electron chi connectivity index (χ1n) is 2.65. The molecule has 9 heavy (non-hydrogen) atoms. The summed E-state index contributed by atoms with van der Waals surface area (Å²) in [5.41, 5.74) is 1.21. The van der Waals surface area contributed by atoms with Crippen LogP contribution in [-0.2, 0) is 5.75 Å². The van der Waals surface area contributed by atoms with Crippen LogP contribution in [0.3, 0.4) is 0 Å². The van der Waals surface area contributed by atoms with Gasteiger partial charge in [0.1, 0.15) is 0 Å². The van der Waals surface area contributed by atoms with Gasteiger partial charge in [0, 0.05) is 5.75 Å². The number of hydrogen-bond acceptors (Lipinski definition) is 2. The van der Waals surface area contributed by atoms with Crippen LogP contribution in [0.15, 0.2) is 24.3 Å². The van der Waals surface area contributed by atoms with Crippen molar-refractivity contribution in [3.05, 3.63) is 35.9 Å². The van der Waals surface area contributed by atoms with Crippen molar-refractivity contribution in [3.63, 3.8) is 0 Å². The molecule has 0 aliphatic rings. The van der Waals surface area contributed by atoms with Crippen molar-refractivity contribution in [2.45, 2.75) is 5.75 Å². The molecular formula is C7H7S2. The van der Waals surface area contributed by atoms with E-state index in [1.165, 1.54) is 16.4 Å². The zero-order chi connectivity index (χ0) is 6.53. The van der Waals surface area contributed by atoms with Gasteiger partial charge in [-0.2, -0.15) is 0 Å². The van der Waals surface area contributed by atoms with Gasteiger partial charge in [0.05, 0.1) is 0 Å². The van der Waals surface area contributed by atoms with Crippen LogP contribution in [0.25, 0.3) is 0 Å². The maximum Gasteiger partial charge on any atom is 0.0292 e. The van der Waals surface area contributed by atoms with E-state index >= 15 is 0 Å². The lowest BCUT2D eigenvalue weighted by Gasteiger charge is -1.92. The Hall–Kier alpha value is -0.0800. The minimum absolute atomic E-state index is 0.934. The van der Waals surface area contributed by atoms with Crippen molar-refractivity contribution in [1.29, 1.82) is 0 Å². The van der Waals surface area contributed by atoms with Gasteiger partial charge in [-0.25, -0.2) is 0 Å². The van der Waals surface area contributed by atoms with E-state index in [0.29, 0.717) is 0 Å². The fourth-order valence-corrected chi connectivity index (χ4v) is 1.33. The highest BCUT2D eigenvalue weighted by molar-refractivity contribution is 8.68. The molecule has 0 atom stereocenters. The van der Waals surface area contributed by atoms with Gasteiger partial charge in [0.25, 0.3) is 0 Å². The Balaban J connectivity index is 2.61. The Labute approximate surface area is 64.5 Å². The molecule has 0 saturated carbocycles. The molecule has 1 aromatic carbocycles. The van der Waals surface area contributed by atoms with E-state index in [1.54, 1.807) is 0 Å². The summed E-state index contributed by atoms with van der Waals surface area (Å²) >= 11 is 4.03. The monoisotopic (exact) mass is 155 g/mol. The van der Waals surface area contributed by atoms with Crippen LogP contribution in [0.1, 0.15) is 5.56 Å². The van der Waals surface area contributed by atoms with Crippen molar-refractivity contribution in [2.24, 2.45) is 0 Å². The van der Waals surface area contributed by atoms with E-state index < -0.39 is 0 Å². The van der Waals surface area contributed by atoms with Crippen molar-refractivity contribution in [2.75, 3.05) is 0 Å². The summed E-state index contributed by atoms with van der Waals surface area (Å²) in [6.07, 6.45) is 0. The van der Waals surface area contributed by atoms with E-state index in [0.717, 1.165) is 5.75 Å². The first-order valence-corrected chi connectivity index (χ1v) is 4.69. The fraction of sp³-hybridized carbons (Fsp3) is 0.143. The molecule has 1 radical (unpaired) electrons. The second kappa shape index (κ2) is 3.85. The third kappa shape index (κ3) is 2.33. The summed E-state index contributed by atoms with van der Waals surface area (Å²) < 4.78 is 0. The van der Waals surface area contributed by atoms with Crippen LogP contribution in [0.5, 0.6) is 0 Å². The molecule has 1 rings (SSSR count). The van der Waals surface area contributed by atoms with Crippen molar-refractivity contribution in [1.82, 2.24) is 0 Å². The van der Waals surface area contributed by atoms with Crippen LogP contribution in [0, 0.1) is 6.07 Å². The van der Waals surface area contributed by atoms with Crippen LogP contribution in [0.4, 0.5) is 0 Å². The standard InChI is InChI=1S/C7H7S2/c8-9-6-7-4-2-1-3-5-7/h1-4,8H,6H2. The van der Waals surface area contributed by atoms with Crippen molar-refractivity contribution in [3.8, 4) is 0 Å². The third-order valence-corrected chi connectivity index (χ3v) is 1.82. The molecule has 0 unspecified atom stereocenters. The summed E-state index contributed by atoms with van der Waals surface area (Å²) in [4.78, 5) is 0. The molecule has 2 heteroatoms. The highest BCUT2D eigenvalue weighted by Crippen LogP contribution is 2.13. The normalized spacial score (nSPS) is 9.44. The first kappa shape index (κ1) is 7.03. The average molecular weight is 155 g/mol. The summed E-state index contributed by atoms with van der Waals surface area (Å²) in [6, 6.07) is 11.0.